The molecule has 116 valence electrons. The molecule has 0 amide bonds. The van der Waals surface area contributed by atoms with Gasteiger partial charge in [-0.25, -0.2) is 0 Å². The van der Waals surface area contributed by atoms with Crippen LogP contribution in [0.3, 0.4) is 0 Å². The summed E-state index contributed by atoms with van der Waals surface area (Å²) in [7, 11) is 0. The van der Waals surface area contributed by atoms with Crippen molar-refractivity contribution in [1.82, 2.24) is 0 Å². The second-order valence-electron chi connectivity index (χ2n) is 6.13. The summed E-state index contributed by atoms with van der Waals surface area (Å²) < 4.78 is 0.276. The Balaban J connectivity index is 2.56. The Labute approximate surface area is 130 Å². The fraction of sp³-hybridized carbons (Fsp3) is 0.875. The van der Waals surface area contributed by atoms with Crippen LogP contribution in [0.15, 0.2) is 11.2 Å². The SMILES string of the molecule is C/C=C(/OOB1[C@@H](C)CC[C@@H]1C)SC(CC)(CC)CC. The molecule has 0 aliphatic carbocycles. The van der Waals surface area contributed by atoms with Gasteiger partial charge in [-0.2, -0.15) is 0 Å². The molecule has 0 unspecified atom stereocenters. The number of thioether (sulfide) groups is 1. The van der Waals surface area contributed by atoms with Crippen LogP contribution in [-0.4, -0.2) is 11.7 Å². The zero-order valence-corrected chi connectivity index (χ0v) is 14.9. The first-order chi connectivity index (χ1) is 9.51. The van der Waals surface area contributed by atoms with E-state index in [9.17, 15) is 0 Å². The predicted molar refractivity (Wildman–Crippen MR) is 91.0 cm³/mol. The van der Waals surface area contributed by atoms with E-state index in [4.69, 9.17) is 9.69 Å². The lowest BCUT2D eigenvalue weighted by molar-refractivity contribution is -0.163. The van der Waals surface area contributed by atoms with Crippen molar-refractivity contribution in [2.24, 2.45) is 0 Å². The first kappa shape index (κ1) is 18.0. The first-order valence-corrected chi connectivity index (χ1v) is 9.02. The van der Waals surface area contributed by atoms with Gasteiger partial charge in [0.25, 0.3) is 0 Å². The van der Waals surface area contributed by atoms with Gasteiger partial charge in [0.15, 0.2) is 5.09 Å². The molecule has 20 heavy (non-hydrogen) atoms. The van der Waals surface area contributed by atoms with Crippen LogP contribution in [0.4, 0.5) is 0 Å². The van der Waals surface area contributed by atoms with Crippen molar-refractivity contribution in [3.63, 3.8) is 0 Å². The maximum Gasteiger partial charge on any atom is 0.362 e. The van der Waals surface area contributed by atoms with Crippen LogP contribution in [0.5, 0.6) is 0 Å². The molecule has 1 saturated heterocycles. The molecular formula is C16H31BO2S. The van der Waals surface area contributed by atoms with Crippen molar-refractivity contribution in [2.75, 3.05) is 0 Å². The summed E-state index contributed by atoms with van der Waals surface area (Å²) >= 11 is 1.84. The van der Waals surface area contributed by atoms with Crippen molar-refractivity contribution < 1.29 is 9.69 Å². The van der Waals surface area contributed by atoms with E-state index in [1.165, 1.54) is 12.8 Å². The van der Waals surface area contributed by atoms with Crippen LogP contribution in [0.1, 0.15) is 73.6 Å². The zero-order chi connectivity index (χ0) is 15.2. The Bertz CT molecular complexity index is 297. The fourth-order valence-corrected chi connectivity index (χ4v) is 4.06. The Hall–Kier alpha value is -0.0851. The van der Waals surface area contributed by atoms with Crippen LogP contribution in [0.25, 0.3) is 0 Å². The summed E-state index contributed by atoms with van der Waals surface area (Å²) in [5, 5.41) is 0.918. The largest absolute Gasteiger partial charge is 0.362 e. The highest BCUT2D eigenvalue weighted by Crippen LogP contribution is 2.43. The normalized spacial score (nSPS) is 24.3. The highest BCUT2D eigenvalue weighted by atomic mass is 32.2. The van der Waals surface area contributed by atoms with Crippen LogP contribution in [0.2, 0.25) is 11.6 Å². The molecule has 2 atom stereocenters. The minimum Gasteiger partial charge on any atom is -0.347 e. The van der Waals surface area contributed by atoms with Gasteiger partial charge in [-0.15, -0.1) is 0 Å². The van der Waals surface area contributed by atoms with E-state index < -0.39 is 0 Å². The first-order valence-electron chi connectivity index (χ1n) is 8.20. The molecule has 4 heteroatoms. The lowest BCUT2D eigenvalue weighted by atomic mass is 9.53. The number of hydrogen-bond donors (Lipinski definition) is 0. The molecule has 0 aromatic rings. The third-order valence-electron chi connectivity index (χ3n) is 4.93. The topological polar surface area (TPSA) is 18.5 Å². The summed E-state index contributed by atoms with van der Waals surface area (Å²) in [4.78, 5) is 11.5. The second kappa shape index (κ2) is 8.38. The smallest absolute Gasteiger partial charge is 0.347 e. The van der Waals surface area contributed by atoms with Crippen molar-refractivity contribution in [1.29, 1.82) is 0 Å². The van der Waals surface area contributed by atoms with E-state index in [2.05, 4.69) is 34.6 Å². The van der Waals surface area contributed by atoms with Crippen LogP contribution >= 0.6 is 11.8 Å². The van der Waals surface area contributed by atoms with Gasteiger partial charge in [-0.05, 0) is 43.9 Å². The molecule has 1 rings (SSSR count). The number of hydrogen-bond acceptors (Lipinski definition) is 3. The van der Waals surface area contributed by atoms with Gasteiger partial charge >= 0.3 is 6.92 Å². The zero-order valence-electron chi connectivity index (χ0n) is 14.1. The van der Waals surface area contributed by atoms with Crippen molar-refractivity contribution in [2.45, 2.75) is 90.0 Å². The minimum atomic E-state index is 0.241. The molecule has 0 spiro atoms. The highest BCUT2D eigenvalue weighted by Gasteiger charge is 2.38. The average Bonchev–Trinajstić information content (AvgIpc) is 2.79. The molecule has 0 radical (unpaired) electrons. The number of rotatable bonds is 8. The molecule has 1 fully saturated rings. The molecule has 0 saturated carbocycles. The summed E-state index contributed by atoms with van der Waals surface area (Å²) in [5.74, 6) is 1.20. The average molecular weight is 298 g/mol. The molecule has 0 N–H and O–H groups in total. The molecule has 1 aliphatic rings. The van der Waals surface area contributed by atoms with E-state index in [1.807, 2.05) is 24.8 Å². The Morgan fingerprint density at radius 1 is 1.15 bits per heavy atom. The van der Waals surface area contributed by atoms with Gasteiger partial charge < -0.3 is 4.89 Å². The van der Waals surface area contributed by atoms with E-state index in [-0.39, 0.29) is 11.7 Å². The molecular weight excluding hydrogens is 267 g/mol. The monoisotopic (exact) mass is 298 g/mol. The summed E-state index contributed by atoms with van der Waals surface area (Å²) in [6.07, 6.45) is 7.99. The van der Waals surface area contributed by atoms with Gasteiger partial charge in [0.1, 0.15) is 0 Å². The Kier molecular flexibility index (Phi) is 7.53. The molecule has 0 aromatic carbocycles. The summed E-state index contributed by atoms with van der Waals surface area (Å²) in [5.41, 5.74) is 0. The minimum absolute atomic E-state index is 0.241. The molecule has 0 bridgehead atoms. The second-order valence-corrected chi connectivity index (χ2v) is 7.60. The third-order valence-corrected chi connectivity index (χ3v) is 6.73. The van der Waals surface area contributed by atoms with Gasteiger partial charge in [0, 0.05) is 4.75 Å². The maximum absolute atomic E-state index is 5.77. The quantitative estimate of drug-likeness (QED) is 0.235. The van der Waals surface area contributed by atoms with Crippen molar-refractivity contribution >= 4 is 18.7 Å². The summed E-state index contributed by atoms with van der Waals surface area (Å²) in [6, 6.07) is 0. The number of allylic oxidation sites excluding steroid dienone is 1. The van der Waals surface area contributed by atoms with Crippen LogP contribution in [0, 0.1) is 0 Å². The predicted octanol–water partition coefficient (Wildman–Crippen LogP) is 6.06. The van der Waals surface area contributed by atoms with E-state index in [1.54, 1.807) is 0 Å². The van der Waals surface area contributed by atoms with Crippen LogP contribution in [-0.2, 0) is 9.69 Å². The lowest BCUT2D eigenvalue weighted by Crippen LogP contribution is -2.24. The van der Waals surface area contributed by atoms with Crippen molar-refractivity contribution in [3.05, 3.63) is 11.2 Å². The van der Waals surface area contributed by atoms with Gasteiger partial charge in [-0.3, -0.25) is 4.81 Å². The van der Waals surface area contributed by atoms with Crippen molar-refractivity contribution in [3.8, 4) is 0 Å². The molecule has 1 aliphatic heterocycles. The molecule has 2 nitrogen and oxygen atoms in total. The van der Waals surface area contributed by atoms with Crippen LogP contribution < -0.4 is 0 Å². The standard InChI is InChI=1S/C16H31BO2S/c1-7-15(20-16(8-2,9-3)10-4)18-19-17-13(5)11-12-14(17)6/h7,13-14H,8-12H2,1-6H3/b15-7-/t13-,14-/m0/s1. The Morgan fingerprint density at radius 2 is 1.65 bits per heavy atom. The van der Waals surface area contributed by atoms with Gasteiger partial charge in [-0.1, -0.05) is 59.2 Å². The maximum atomic E-state index is 5.77. The summed E-state index contributed by atoms with van der Waals surface area (Å²) in [6.45, 7) is 13.6. The highest BCUT2D eigenvalue weighted by molar-refractivity contribution is 8.04. The van der Waals surface area contributed by atoms with E-state index in [0.29, 0.717) is 11.6 Å². The van der Waals surface area contributed by atoms with E-state index in [0.717, 1.165) is 24.4 Å². The third kappa shape index (κ3) is 4.46. The van der Waals surface area contributed by atoms with Gasteiger partial charge in [0.05, 0.1) is 0 Å². The molecule has 1 heterocycles. The molecule has 0 aromatic heterocycles. The Morgan fingerprint density at radius 3 is 2.05 bits per heavy atom. The fourth-order valence-electron chi connectivity index (χ4n) is 3.01. The van der Waals surface area contributed by atoms with E-state index >= 15 is 0 Å². The lowest BCUT2D eigenvalue weighted by Gasteiger charge is -2.30. The van der Waals surface area contributed by atoms with Gasteiger partial charge in [0.2, 0.25) is 0 Å².